The van der Waals surface area contributed by atoms with Crippen molar-refractivity contribution in [2.24, 2.45) is 5.41 Å². The topological polar surface area (TPSA) is 58.6 Å². The number of hydrogen-bond donors (Lipinski definition) is 2. The van der Waals surface area contributed by atoms with Gasteiger partial charge in [0.25, 0.3) is 5.91 Å². The van der Waals surface area contributed by atoms with Gasteiger partial charge in [-0.25, -0.2) is 0 Å². The average Bonchev–Trinajstić information content (AvgIpc) is 3.04. The van der Waals surface area contributed by atoms with Crippen molar-refractivity contribution < 1.29 is 14.6 Å². The Bertz CT molecular complexity index is 652. The second kappa shape index (κ2) is 8.42. The van der Waals surface area contributed by atoms with Gasteiger partial charge in [0.2, 0.25) is 0 Å². The number of benzene rings is 1. The van der Waals surface area contributed by atoms with E-state index in [0.29, 0.717) is 18.0 Å². The lowest BCUT2D eigenvalue weighted by molar-refractivity contribution is 0.0920. The van der Waals surface area contributed by atoms with Gasteiger partial charge in [-0.2, -0.15) is 0 Å². The Labute approximate surface area is 147 Å². The van der Waals surface area contributed by atoms with E-state index in [1.807, 2.05) is 55.6 Å². The highest BCUT2D eigenvalue weighted by Crippen LogP contribution is 2.34. The Morgan fingerprint density at radius 3 is 2.62 bits per heavy atom. The van der Waals surface area contributed by atoms with Crippen LogP contribution >= 0.6 is 11.3 Å². The Kier molecular flexibility index (Phi) is 6.54. The normalized spacial score (nSPS) is 12.8. The number of carbonyl (C=O) groups excluding carboxylic acids is 1. The van der Waals surface area contributed by atoms with Crippen LogP contribution in [0.4, 0.5) is 0 Å². The Morgan fingerprint density at radius 1 is 1.29 bits per heavy atom. The van der Waals surface area contributed by atoms with Crippen molar-refractivity contribution in [2.75, 3.05) is 20.3 Å². The smallest absolute Gasteiger partial charge is 0.261 e. The molecular weight excluding hydrogens is 322 g/mol. The zero-order valence-electron chi connectivity index (χ0n) is 14.4. The number of thiophene rings is 1. The summed E-state index contributed by atoms with van der Waals surface area (Å²) >= 11 is 1.42. The molecule has 2 N–H and O–H groups in total. The molecule has 24 heavy (non-hydrogen) atoms. The largest absolute Gasteiger partial charge is 0.396 e. The van der Waals surface area contributed by atoms with Crippen molar-refractivity contribution in [1.82, 2.24) is 5.32 Å². The first kappa shape index (κ1) is 18.6. The number of aliphatic hydroxyl groups is 1. The Hall–Kier alpha value is -1.69. The van der Waals surface area contributed by atoms with Gasteiger partial charge in [0.1, 0.15) is 0 Å². The van der Waals surface area contributed by atoms with Crippen LogP contribution in [0.5, 0.6) is 0 Å². The molecule has 0 saturated carbocycles. The predicted molar refractivity (Wildman–Crippen MR) is 97.4 cm³/mol. The molecule has 2 aromatic rings. The fourth-order valence-corrected chi connectivity index (χ4v) is 3.55. The van der Waals surface area contributed by atoms with Crippen LogP contribution in [0, 0.1) is 5.41 Å². The first-order valence-corrected chi connectivity index (χ1v) is 8.87. The second-order valence-electron chi connectivity index (χ2n) is 6.53. The highest BCUT2D eigenvalue weighted by atomic mass is 32.1. The lowest BCUT2D eigenvalue weighted by Crippen LogP contribution is -2.36. The average molecular weight is 347 g/mol. The van der Waals surface area contributed by atoms with Crippen LogP contribution < -0.4 is 5.32 Å². The van der Waals surface area contributed by atoms with Gasteiger partial charge in [0.15, 0.2) is 0 Å². The number of carbonyl (C=O) groups is 1. The predicted octanol–water partition coefficient (Wildman–Crippen LogP) is 3.43. The summed E-state index contributed by atoms with van der Waals surface area (Å²) in [5, 5.41) is 14.7. The highest BCUT2D eigenvalue weighted by Gasteiger charge is 2.30. The highest BCUT2D eigenvalue weighted by molar-refractivity contribution is 7.12. The minimum absolute atomic E-state index is 0.0264. The third kappa shape index (κ3) is 4.44. The minimum Gasteiger partial charge on any atom is -0.396 e. The minimum atomic E-state index is -0.334. The zero-order chi connectivity index (χ0) is 17.6. The van der Waals surface area contributed by atoms with Crippen molar-refractivity contribution in [1.29, 1.82) is 0 Å². The zero-order valence-corrected chi connectivity index (χ0v) is 15.2. The van der Waals surface area contributed by atoms with E-state index in [-0.39, 0.29) is 23.8 Å². The number of aliphatic hydroxyl groups excluding tert-OH is 1. The molecule has 1 amide bonds. The van der Waals surface area contributed by atoms with Crippen LogP contribution in [0.15, 0.2) is 41.8 Å². The molecule has 1 atom stereocenters. The summed E-state index contributed by atoms with van der Waals surface area (Å²) in [5.74, 6) is -0.0646. The lowest BCUT2D eigenvalue weighted by atomic mass is 9.75. The van der Waals surface area contributed by atoms with E-state index >= 15 is 0 Å². The molecule has 0 bridgehead atoms. The van der Waals surface area contributed by atoms with E-state index in [1.165, 1.54) is 11.3 Å². The monoisotopic (exact) mass is 347 g/mol. The molecule has 1 aromatic heterocycles. The van der Waals surface area contributed by atoms with Crippen molar-refractivity contribution >= 4 is 17.2 Å². The van der Waals surface area contributed by atoms with Crippen molar-refractivity contribution in [3.05, 3.63) is 57.8 Å². The molecule has 4 nitrogen and oxygen atoms in total. The lowest BCUT2D eigenvalue weighted by Gasteiger charge is -2.33. The fraction of sp³-hybridized carbons (Fsp3) is 0.421. The summed E-state index contributed by atoms with van der Waals surface area (Å²) in [6.07, 6.45) is 0. The maximum absolute atomic E-state index is 12.5. The molecule has 5 heteroatoms. The number of rotatable bonds is 8. The first-order valence-electron chi connectivity index (χ1n) is 7.99. The summed E-state index contributed by atoms with van der Waals surface area (Å²) < 4.78 is 5.14. The van der Waals surface area contributed by atoms with Crippen molar-refractivity contribution in [2.45, 2.75) is 26.4 Å². The van der Waals surface area contributed by atoms with Gasteiger partial charge in [-0.1, -0.05) is 44.2 Å². The van der Waals surface area contributed by atoms with Crippen LogP contribution in [-0.2, 0) is 11.3 Å². The second-order valence-corrected chi connectivity index (χ2v) is 7.44. The molecule has 0 saturated heterocycles. The van der Waals surface area contributed by atoms with Gasteiger partial charge in [0.05, 0.1) is 11.5 Å². The van der Waals surface area contributed by atoms with E-state index in [0.717, 1.165) is 11.1 Å². The third-order valence-electron chi connectivity index (χ3n) is 4.27. The molecule has 2 rings (SSSR count). The number of hydrogen-bond acceptors (Lipinski definition) is 4. The molecule has 0 radical (unpaired) electrons. The molecule has 0 aliphatic carbocycles. The molecule has 0 aliphatic heterocycles. The Morgan fingerprint density at radius 2 is 2.00 bits per heavy atom. The first-order chi connectivity index (χ1) is 11.5. The van der Waals surface area contributed by atoms with E-state index in [4.69, 9.17) is 4.74 Å². The number of ether oxygens (including phenoxy) is 1. The van der Waals surface area contributed by atoms with E-state index < -0.39 is 0 Å². The summed E-state index contributed by atoms with van der Waals surface area (Å²) in [4.78, 5) is 13.2. The third-order valence-corrected chi connectivity index (χ3v) is 5.23. The molecule has 0 fully saturated rings. The number of amides is 1. The van der Waals surface area contributed by atoms with Crippen molar-refractivity contribution in [3.8, 4) is 0 Å². The van der Waals surface area contributed by atoms with Gasteiger partial charge in [0, 0.05) is 31.7 Å². The van der Waals surface area contributed by atoms with E-state index in [9.17, 15) is 9.90 Å². The van der Waals surface area contributed by atoms with Crippen molar-refractivity contribution in [3.63, 3.8) is 0 Å². The molecule has 1 unspecified atom stereocenters. The molecule has 0 spiro atoms. The van der Waals surface area contributed by atoms with Crippen LogP contribution in [0.3, 0.4) is 0 Å². The van der Waals surface area contributed by atoms with Gasteiger partial charge < -0.3 is 15.2 Å². The van der Waals surface area contributed by atoms with Crippen LogP contribution in [0.1, 0.15) is 40.6 Å². The van der Waals surface area contributed by atoms with E-state index in [2.05, 4.69) is 5.32 Å². The van der Waals surface area contributed by atoms with E-state index in [1.54, 1.807) is 7.11 Å². The van der Waals surface area contributed by atoms with Crippen LogP contribution in [0.25, 0.3) is 0 Å². The Balaban J connectivity index is 2.13. The maximum atomic E-state index is 12.5. The number of nitrogens with one attached hydrogen (secondary N) is 1. The van der Waals surface area contributed by atoms with Gasteiger partial charge in [-0.15, -0.1) is 11.3 Å². The number of methoxy groups -OCH3 is 1. The van der Waals surface area contributed by atoms with Crippen LogP contribution in [0.2, 0.25) is 0 Å². The molecule has 0 aliphatic rings. The fourth-order valence-electron chi connectivity index (χ4n) is 2.72. The molecule has 130 valence electrons. The summed E-state index contributed by atoms with van der Waals surface area (Å²) in [6, 6.07) is 11.9. The van der Waals surface area contributed by atoms with Gasteiger partial charge in [-0.05, 0) is 22.4 Å². The van der Waals surface area contributed by atoms with Gasteiger partial charge >= 0.3 is 0 Å². The summed E-state index contributed by atoms with van der Waals surface area (Å²) in [7, 11) is 1.62. The quantitative estimate of drug-likeness (QED) is 0.769. The summed E-state index contributed by atoms with van der Waals surface area (Å²) in [6.45, 7) is 4.98. The van der Waals surface area contributed by atoms with Gasteiger partial charge in [-0.3, -0.25) is 4.79 Å². The standard InChI is InChI=1S/C19H25NO3S/c1-19(2,13-21)16(14-7-5-4-6-8-14)11-20-18(22)17-15(12-23-3)9-10-24-17/h4-10,16,21H,11-13H2,1-3H3,(H,20,22). The molecular formula is C19H25NO3S. The molecule has 1 aromatic carbocycles. The summed E-state index contributed by atoms with van der Waals surface area (Å²) in [5.41, 5.74) is 1.68. The molecule has 1 heterocycles. The van der Waals surface area contributed by atoms with Crippen LogP contribution in [-0.4, -0.2) is 31.3 Å². The maximum Gasteiger partial charge on any atom is 0.261 e. The SMILES string of the molecule is COCc1ccsc1C(=O)NCC(c1ccccc1)C(C)(C)CO.